The molecule has 1 amide bonds. The van der Waals surface area contributed by atoms with Crippen molar-refractivity contribution in [2.75, 3.05) is 11.9 Å². The lowest BCUT2D eigenvalue weighted by molar-refractivity contribution is 0.102. The number of amides is 1. The molecule has 0 fully saturated rings. The van der Waals surface area contributed by atoms with Crippen LogP contribution in [0.2, 0.25) is 5.02 Å². The first-order valence-electron chi connectivity index (χ1n) is 7.04. The molecule has 1 aliphatic rings. The maximum atomic E-state index is 12.4. The van der Waals surface area contributed by atoms with Crippen molar-refractivity contribution in [2.45, 2.75) is 19.9 Å². The van der Waals surface area contributed by atoms with Crippen LogP contribution in [0.4, 0.5) is 5.69 Å². The molecule has 2 aromatic carbocycles. The molecule has 0 radical (unpaired) electrons. The molecule has 0 bridgehead atoms. The van der Waals surface area contributed by atoms with E-state index in [9.17, 15) is 4.79 Å². The zero-order valence-corrected chi connectivity index (χ0v) is 12.6. The smallest absolute Gasteiger partial charge is 0.255 e. The fourth-order valence-electron chi connectivity index (χ4n) is 2.63. The Bertz CT molecular complexity index is 697. The topological polar surface area (TPSA) is 41.1 Å². The number of anilines is 1. The number of carbonyl (C=O) groups is 1. The lowest BCUT2D eigenvalue weighted by atomic mass is 9.99. The molecule has 0 aromatic heterocycles. The fraction of sp³-hybridized carbons (Fsp3) is 0.235. The number of nitrogens with one attached hydrogen (secondary N) is 2. The Morgan fingerprint density at radius 2 is 2.14 bits per heavy atom. The van der Waals surface area contributed by atoms with Crippen molar-refractivity contribution in [1.82, 2.24) is 5.32 Å². The van der Waals surface area contributed by atoms with Gasteiger partial charge in [-0.3, -0.25) is 4.79 Å². The summed E-state index contributed by atoms with van der Waals surface area (Å²) in [5.74, 6) is -0.0956. The van der Waals surface area contributed by atoms with E-state index < -0.39 is 0 Å². The van der Waals surface area contributed by atoms with Gasteiger partial charge in [0.15, 0.2) is 0 Å². The van der Waals surface area contributed by atoms with Crippen LogP contribution in [0.3, 0.4) is 0 Å². The molecule has 108 valence electrons. The normalized spacial score (nSPS) is 13.6. The SMILES string of the molecule is Cc1cc(C(=O)Nc2cccc3c2CCNC3)ccc1Cl. The van der Waals surface area contributed by atoms with Crippen LogP contribution in [0.15, 0.2) is 36.4 Å². The Labute approximate surface area is 129 Å². The zero-order chi connectivity index (χ0) is 14.8. The van der Waals surface area contributed by atoms with Crippen LogP contribution < -0.4 is 10.6 Å². The summed E-state index contributed by atoms with van der Waals surface area (Å²) in [6.07, 6.45) is 0.936. The lowest BCUT2D eigenvalue weighted by Gasteiger charge is -2.20. The van der Waals surface area contributed by atoms with Gasteiger partial charge in [-0.05, 0) is 60.8 Å². The van der Waals surface area contributed by atoms with Gasteiger partial charge in [-0.25, -0.2) is 0 Å². The van der Waals surface area contributed by atoms with Crippen molar-refractivity contribution in [3.05, 3.63) is 63.7 Å². The van der Waals surface area contributed by atoms with Gasteiger partial charge < -0.3 is 10.6 Å². The summed E-state index contributed by atoms with van der Waals surface area (Å²) in [5.41, 5.74) is 4.93. The number of halogens is 1. The Kier molecular flexibility index (Phi) is 3.95. The molecule has 1 aliphatic heterocycles. The molecular formula is C17H17ClN2O. The van der Waals surface area contributed by atoms with Gasteiger partial charge in [-0.1, -0.05) is 23.7 Å². The highest BCUT2D eigenvalue weighted by Gasteiger charge is 2.15. The van der Waals surface area contributed by atoms with Crippen LogP contribution in [0.5, 0.6) is 0 Å². The molecule has 0 saturated heterocycles. The third-order valence-corrected chi connectivity index (χ3v) is 4.23. The Hall–Kier alpha value is -1.84. The van der Waals surface area contributed by atoms with E-state index in [2.05, 4.69) is 16.7 Å². The van der Waals surface area contributed by atoms with Crippen molar-refractivity contribution in [2.24, 2.45) is 0 Å². The minimum Gasteiger partial charge on any atom is -0.322 e. The van der Waals surface area contributed by atoms with Crippen molar-refractivity contribution < 1.29 is 4.79 Å². The third-order valence-electron chi connectivity index (χ3n) is 3.81. The fourth-order valence-corrected chi connectivity index (χ4v) is 2.75. The molecule has 1 heterocycles. The first-order valence-corrected chi connectivity index (χ1v) is 7.42. The average molecular weight is 301 g/mol. The second-order valence-corrected chi connectivity index (χ2v) is 5.70. The summed E-state index contributed by atoms with van der Waals surface area (Å²) in [4.78, 5) is 12.4. The van der Waals surface area contributed by atoms with E-state index in [1.165, 1.54) is 11.1 Å². The van der Waals surface area contributed by atoms with Gasteiger partial charge in [0.05, 0.1) is 0 Å². The minimum atomic E-state index is -0.0956. The van der Waals surface area contributed by atoms with Crippen LogP contribution in [-0.2, 0) is 13.0 Å². The average Bonchev–Trinajstić information content (AvgIpc) is 2.50. The van der Waals surface area contributed by atoms with Gasteiger partial charge >= 0.3 is 0 Å². The summed E-state index contributed by atoms with van der Waals surface area (Å²) in [7, 11) is 0. The van der Waals surface area contributed by atoms with E-state index in [0.29, 0.717) is 10.6 Å². The standard InChI is InChI=1S/C17H17ClN2O/c1-11-9-12(5-6-15(11)18)17(21)20-16-4-2-3-13-10-19-8-7-14(13)16/h2-6,9,19H,7-8,10H2,1H3,(H,20,21). The van der Waals surface area contributed by atoms with E-state index in [1.807, 2.05) is 25.1 Å². The van der Waals surface area contributed by atoms with Crippen LogP contribution >= 0.6 is 11.6 Å². The maximum Gasteiger partial charge on any atom is 0.255 e. The highest BCUT2D eigenvalue weighted by atomic mass is 35.5. The molecule has 3 nitrogen and oxygen atoms in total. The van der Waals surface area contributed by atoms with E-state index in [4.69, 9.17) is 11.6 Å². The first-order chi connectivity index (χ1) is 10.1. The molecular weight excluding hydrogens is 284 g/mol. The van der Waals surface area contributed by atoms with Crippen molar-refractivity contribution in [1.29, 1.82) is 0 Å². The molecule has 3 rings (SSSR count). The second-order valence-electron chi connectivity index (χ2n) is 5.29. The van der Waals surface area contributed by atoms with E-state index in [1.54, 1.807) is 12.1 Å². The first kappa shape index (κ1) is 14.1. The summed E-state index contributed by atoms with van der Waals surface area (Å²) >= 11 is 6.00. The second kappa shape index (κ2) is 5.88. The highest BCUT2D eigenvalue weighted by molar-refractivity contribution is 6.31. The van der Waals surface area contributed by atoms with Crippen LogP contribution in [0.1, 0.15) is 27.0 Å². The van der Waals surface area contributed by atoms with Crippen molar-refractivity contribution in [3.8, 4) is 0 Å². The Morgan fingerprint density at radius 3 is 2.95 bits per heavy atom. The molecule has 2 N–H and O–H groups in total. The number of benzene rings is 2. The summed E-state index contributed by atoms with van der Waals surface area (Å²) < 4.78 is 0. The van der Waals surface area contributed by atoms with Gasteiger partial charge in [-0.2, -0.15) is 0 Å². The van der Waals surface area contributed by atoms with Gasteiger partial charge in [-0.15, -0.1) is 0 Å². The molecule has 0 unspecified atom stereocenters. The summed E-state index contributed by atoms with van der Waals surface area (Å²) in [6.45, 7) is 3.70. The molecule has 21 heavy (non-hydrogen) atoms. The van der Waals surface area contributed by atoms with Crippen molar-refractivity contribution in [3.63, 3.8) is 0 Å². The Morgan fingerprint density at radius 1 is 1.29 bits per heavy atom. The van der Waals surface area contributed by atoms with Crippen LogP contribution in [0.25, 0.3) is 0 Å². The quantitative estimate of drug-likeness (QED) is 0.890. The van der Waals surface area contributed by atoms with Gasteiger partial charge in [0.25, 0.3) is 5.91 Å². The van der Waals surface area contributed by atoms with Gasteiger partial charge in [0.2, 0.25) is 0 Å². The highest BCUT2D eigenvalue weighted by Crippen LogP contribution is 2.24. The Balaban J connectivity index is 1.86. The molecule has 0 saturated carbocycles. The molecule has 4 heteroatoms. The molecule has 0 atom stereocenters. The number of hydrogen-bond donors (Lipinski definition) is 2. The van der Waals surface area contributed by atoms with Gasteiger partial charge in [0.1, 0.15) is 0 Å². The number of rotatable bonds is 2. The van der Waals surface area contributed by atoms with Gasteiger partial charge in [0, 0.05) is 22.8 Å². The largest absolute Gasteiger partial charge is 0.322 e. The minimum absolute atomic E-state index is 0.0956. The molecule has 2 aromatic rings. The maximum absolute atomic E-state index is 12.4. The van der Waals surface area contributed by atoms with E-state index >= 15 is 0 Å². The number of aryl methyl sites for hydroxylation is 1. The van der Waals surface area contributed by atoms with E-state index in [0.717, 1.165) is 30.8 Å². The molecule has 0 spiro atoms. The number of fused-ring (bicyclic) bond motifs is 1. The lowest BCUT2D eigenvalue weighted by Crippen LogP contribution is -2.25. The summed E-state index contributed by atoms with van der Waals surface area (Å²) in [6, 6.07) is 11.4. The third kappa shape index (κ3) is 2.94. The number of hydrogen-bond acceptors (Lipinski definition) is 2. The van der Waals surface area contributed by atoms with Crippen LogP contribution in [0, 0.1) is 6.92 Å². The van der Waals surface area contributed by atoms with Crippen molar-refractivity contribution >= 4 is 23.2 Å². The zero-order valence-electron chi connectivity index (χ0n) is 11.9. The van der Waals surface area contributed by atoms with Crippen LogP contribution in [-0.4, -0.2) is 12.5 Å². The van der Waals surface area contributed by atoms with E-state index in [-0.39, 0.29) is 5.91 Å². The molecule has 0 aliphatic carbocycles. The number of carbonyl (C=O) groups excluding carboxylic acids is 1. The monoisotopic (exact) mass is 300 g/mol. The predicted molar refractivity (Wildman–Crippen MR) is 86.0 cm³/mol. The summed E-state index contributed by atoms with van der Waals surface area (Å²) in [5, 5.41) is 7.04. The predicted octanol–water partition coefficient (Wildman–Crippen LogP) is 3.55.